The molecule has 1 aromatic carbocycles. The summed E-state index contributed by atoms with van der Waals surface area (Å²) in [5.41, 5.74) is 2.24. The van der Waals surface area contributed by atoms with Crippen LogP contribution in [0.4, 0.5) is 0 Å². The molecule has 2 aromatic rings. The van der Waals surface area contributed by atoms with Gasteiger partial charge in [0.15, 0.2) is 0 Å². The van der Waals surface area contributed by atoms with E-state index in [1.165, 1.54) is 24.8 Å². The summed E-state index contributed by atoms with van der Waals surface area (Å²) in [5, 5.41) is 10.2. The first-order valence-corrected chi connectivity index (χ1v) is 7.34. The molecule has 2 unspecified atom stereocenters. The van der Waals surface area contributed by atoms with Gasteiger partial charge in [0.1, 0.15) is 5.82 Å². The average molecular weight is 258 g/mol. The minimum Gasteiger partial charge on any atom is -0.393 e. The van der Waals surface area contributed by atoms with Crippen molar-refractivity contribution in [3.05, 3.63) is 30.1 Å². The molecule has 1 aliphatic rings. The molecular formula is C16H22N2O. The van der Waals surface area contributed by atoms with Crippen molar-refractivity contribution >= 4 is 11.0 Å². The fourth-order valence-corrected chi connectivity index (χ4v) is 3.22. The molecule has 102 valence electrons. The standard InChI is InChI=1S/C16H22N2O/c1-18-14-9-6-5-8-13(14)17-16(18)11-12-7-3-2-4-10-15(12)19/h5-6,8-9,12,15,19H,2-4,7,10-11H2,1H3. The van der Waals surface area contributed by atoms with Crippen LogP contribution in [-0.2, 0) is 13.5 Å². The lowest BCUT2D eigenvalue weighted by Gasteiger charge is -2.19. The lowest BCUT2D eigenvalue weighted by molar-refractivity contribution is 0.0992. The zero-order valence-corrected chi connectivity index (χ0v) is 11.5. The third-order valence-electron chi connectivity index (χ3n) is 4.44. The Bertz CT molecular complexity index is 561. The first-order valence-electron chi connectivity index (χ1n) is 7.34. The molecule has 0 bridgehead atoms. The topological polar surface area (TPSA) is 38.0 Å². The normalized spacial score (nSPS) is 24.5. The van der Waals surface area contributed by atoms with Crippen molar-refractivity contribution in [3.63, 3.8) is 0 Å². The Morgan fingerprint density at radius 2 is 2.00 bits per heavy atom. The van der Waals surface area contributed by atoms with E-state index in [0.29, 0.717) is 5.92 Å². The van der Waals surface area contributed by atoms with E-state index in [4.69, 9.17) is 4.98 Å². The number of aliphatic hydroxyl groups is 1. The number of aliphatic hydroxyl groups excluding tert-OH is 1. The minimum absolute atomic E-state index is 0.151. The van der Waals surface area contributed by atoms with Crippen LogP contribution in [0.25, 0.3) is 11.0 Å². The van der Waals surface area contributed by atoms with E-state index in [0.717, 1.165) is 30.6 Å². The molecule has 1 N–H and O–H groups in total. The number of imidazole rings is 1. The third kappa shape index (κ3) is 2.52. The summed E-state index contributed by atoms with van der Waals surface area (Å²) >= 11 is 0. The molecule has 1 aliphatic carbocycles. The van der Waals surface area contributed by atoms with Gasteiger partial charge >= 0.3 is 0 Å². The van der Waals surface area contributed by atoms with E-state index < -0.39 is 0 Å². The van der Waals surface area contributed by atoms with Gasteiger partial charge in [0.05, 0.1) is 17.1 Å². The van der Waals surface area contributed by atoms with Crippen LogP contribution >= 0.6 is 0 Å². The summed E-state index contributed by atoms with van der Waals surface area (Å²) in [4.78, 5) is 4.72. The molecule has 0 saturated heterocycles. The molecule has 0 aliphatic heterocycles. The van der Waals surface area contributed by atoms with E-state index in [2.05, 4.69) is 23.7 Å². The molecule has 1 fully saturated rings. The SMILES string of the molecule is Cn1c(CC2CCCCCC2O)nc2ccccc21. The molecule has 3 nitrogen and oxygen atoms in total. The number of para-hydroxylation sites is 2. The molecule has 19 heavy (non-hydrogen) atoms. The molecule has 2 atom stereocenters. The number of aryl methyl sites for hydroxylation is 1. The Morgan fingerprint density at radius 1 is 1.21 bits per heavy atom. The summed E-state index contributed by atoms with van der Waals surface area (Å²) < 4.78 is 2.17. The molecule has 1 saturated carbocycles. The van der Waals surface area contributed by atoms with Gasteiger partial charge in [-0.1, -0.05) is 31.4 Å². The summed E-state index contributed by atoms with van der Waals surface area (Å²) in [5.74, 6) is 1.48. The molecular weight excluding hydrogens is 236 g/mol. The lowest BCUT2D eigenvalue weighted by atomic mass is 9.93. The van der Waals surface area contributed by atoms with E-state index in [1.807, 2.05) is 12.1 Å². The van der Waals surface area contributed by atoms with E-state index in [1.54, 1.807) is 0 Å². The Hall–Kier alpha value is -1.35. The van der Waals surface area contributed by atoms with E-state index in [9.17, 15) is 5.11 Å². The van der Waals surface area contributed by atoms with Crippen LogP contribution in [0, 0.1) is 5.92 Å². The summed E-state index contributed by atoms with van der Waals surface area (Å²) in [6.07, 6.45) is 6.50. The number of benzene rings is 1. The van der Waals surface area contributed by atoms with Crippen LogP contribution in [-0.4, -0.2) is 20.8 Å². The fourth-order valence-electron chi connectivity index (χ4n) is 3.22. The summed E-state index contributed by atoms with van der Waals surface area (Å²) in [7, 11) is 2.08. The zero-order valence-electron chi connectivity index (χ0n) is 11.5. The molecule has 0 spiro atoms. The highest BCUT2D eigenvalue weighted by molar-refractivity contribution is 5.75. The number of aromatic nitrogens is 2. The van der Waals surface area contributed by atoms with Gasteiger partial charge in [-0.3, -0.25) is 0 Å². The Balaban J connectivity index is 1.86. The van der Waals surface area contributed by atoms with Gasteiger partial charge < -0.3 is 9.67 Å². The van der Waals surface area contributed by atoms with Crippen LogP contribution in [0.1, 0.15) is 37.9 Å². The summed E-state index contributed by atoms with van der Waals surface area (Å²) in [6, 6.07) is 8.24. The highest BCUT2D eigenvalue weighted by atomic mass is 16.3. The lowest BCUT2D eigenvalue weighted by Crippen LogP contribution is -2.22. The van der Waals surface area contributed by atoms with Crippen molar-refractivity contribution in [2.45, 2.75) is 44.6 Å². The quantitative estimate of drug-likeness (QED) is 0.841. The third-order valence-corrected chi connectivity index (χ3v) is 4.44. The first-order chi connectivity index (χ1) is 9.25. The monoisotopic (exact) mass is 258 g/mol. The molecule has 0 amide bonds. The Morgan fingerprint density at radius 3 is 2.84 bits per heavy atom. The van der Waals surface area contributed by atoms with E-state index >= 15 is 0 Å². The largest absolute Gasteiger partial charge is 0.393 e. The second kappa shape index (κ2) is 5.33. The number of nitrogens with zero attached hydrogens (tertiary/aromatic N) is 2. The predicted octanol–water partition coefficient (Wildman–Crippen LogP) is 3.06. The van der Waals surface area contributed by atoms with Crippen molar-refractivity contribution in [2.75, 3.05) is 0 Å². The Labute approximate surface area is 114 Å². The molecule has 0 radical (unpaired) electrons. The van der Waals surface area contributed by atoms with Gasteiger partial charge in [0.25, 0.3) is 0 Å². The maximum atomic E-state index is 10.2. The highest BCUT2D eigenvalue weighted by Crippen LogP contribution is 2.27. The summed E-state index contributed by atoms with van der Waals surface area (Å²) in [6.45, 7) is 0. The van der Waals surface area contributed by atoms with Crippen molar-refractivity contribution in [1.82, 2.24) is 9.55 Å². The van der Waals surface area contributed by atoms with Crippen LogP contribution in [0.5, 0.6) is 0 Å². The number of fused-ring (bicyclic) bond motifs is 1. The van der Waals surface area contributed by atoms with Crippen LogP contribution in [0.2, 0.25) is 0 Å². The molecule has 1 aromatic heterocycles. The van der Waals surface area contributed by atoms with Crippen LogP contribution < -0.4 is 0 Å². The van der Waals surface area contributed by atoms with Gasteiger partial charge in [-0.2, -0.15) is 0 Å². The average Bonchev–Trinajstić information content (AvgIpc) is 2.59. The number of hydrogen-bond acceptors (Lipinski definition) is 2. The smallest absolute Gasteiger partial charge is 0.109 e. The van der Waals surface area contributed by atoms with Crippen molar-refractivity contribution in [1.29, 1.82) is 0 Å². The molecule has 3 rings (SSSR count). The second-order valence-corrected chi connectivity index (χ2v) is 5.75. The predicted molar refractivity (Wildman–Crippen MR) is 77.0 cm³/mol. The van der Waals surface area contributed by atoms with Gasteiger partial charge in [-0.25, -0.2) is 4.98 Å². The van der Waals surface area contributed by atoms with Crippen LogP contribution in [0.15, 0.2) is 24.3 Å². The van der Waals surface area contributed by atoms with Crippen molar-refractivity contribution < 1.29 is 5.11 Å². The number of rotatable bonds is 2. The maximum absolute atomic E-state index is 10.2. The fraction of sp³-hybridized carbons (Fsp3) is 0.562. The second-order valence-electron chi connectivity index (χ2n) is 5.75. The highest BCUT2D eigenvalue weighted by Gasteiger charge is 2.23. The van der Waals surface area contributed by atoms with Gasteiger partial charge in [0, 0.05) is 13.5 Å². The van der Waals surface area contributed by atoms with Gasteiger partial charge in [-0.15, -0.1) is 0 Å². The number of hydrogen-bond donors (Lipinski definition) is 1. The molecule has 1 heterocycles. The van der Waals surface area contributed by atoms with Crippen molar-refractivity contribution in [3.8, 4) is 0 Å². The van der Waals surface area contributed by atoms with Crippen molar-refractivity contribution in [2.24, 2.45) is 13.0 Å². The van der Waals surface area contributed by atoms with Crippen LogP contribution in [0.3, 0.4) is 0 Å². The van der Waals surface area contributed by atoms with E-state index in [-0.39, 0.29) is 6.10 Å². The van der Waals surface area contributed by atoms with Gasteiger partial charge in [-0.05, 0) is 30.9 Å². The zero-order chi connectivity index (χ0) is 13.2. The minimum atomic E-state index is -0.151. The maximum Gasteiger partial charge on any atom is 0.109 e. The molecule has 3 heteroatoms. The Kier molecular flexibility index (Phi) is 3.56. The first kappa shape index (κ1) is 12.7. The van der Waals surface area contributed by atoms with Gasteiger partial charge in [0.2, 0.25) is 0 Å².